The van der Waals surface area contributed by atoms with Crippen LogP contribution in [0.5, 0.6) is 0 Å². The fraction of sp³-hybridized carbons (Fsp3) is 0.267. The van der Waals surface area contributed by atoms with Crippen LogP contribution in [0.1, 0.15) is 29.6 Å². The van der Waals surface area contributed by atoms with Gasteiger partial charge < -0.3 is 5.11 Å². The average molecular weight is 262 g/mol. The van der Waals surface area contributed by atoms with Crippen molar-refractivity contribution in [2.45, 2.75) is 18.4 Å². The topological polar surface area (TPSA) is 33.1 Å². The molecule has 0 aliphatic heterocycles. The molecule has 0 amide bonds. The molecule has 0 unspecified atom stereocenters. The van der Waals surface area contributed by atoms with E-state index in [2.05, 4.69) is 29.2 Å². The predicted molar refractivity (Wildman–Crippen MR) is 73.7 cm³/mol. The van der Waals surface area contributed by atoms with Crippen molar-refractivity contribution in [3.63, 3.8) is 0 Å². The normalized spacial score (nSPS) is 22.9. The molecule has 1 aromatic carbocycles. The minimum absolute atomic E-state index is 0. The van der Waals surface area contributed by atoms with Crippen LogP contribution in [0.4, 0.5) is 0 Å². The Kier molecular flexibility index (Phi) is 4.00. The van der Waals surface area contributed by atoms with Gasteiger partial charge in [0.1, 0.15) is 0 Å². The molecule has 1 N–H and O–H groups in total. The van der Waals surface area contributed by atoms with E-state index in [0.717, 1.165) is 12.0 Å². The van der Waals surface area contributed by atoms with Gasteiger partial charge in [-0.2, -0.15) is 0 Å². The highest BCUT2D eigenvalue weighted by Gasteiger charge is 2.43. The number of halogens is 1. The van der Waals surface area contributed by atoms with Crippen molar-refractivity contribution in [1.82, 2.24) is 4.98 Å². The third-order valence-corrected chi connectivity index (χ3v) is 3.50. The summed E-state index contributed by atoms with van der Waals surface area (Å²) in [5, 5.41) is 10.3. The molecule has 2 nitrogen and oxygen atoms in total. The smallest absolute Gasteiger partial charge is 0.0839 e. The minimum Gasteiger partial charge on any atom is -0.388 e. The van der Waals surface area contributed by atoms with Crippen molar-refractivity contribution in [3.05, 3.63) is 66.0 Å². The maximum absolute atomic E-state index is 10.3. The first kappa shape index (κ1) is 13.1. The SMILES string of the molecule is Cl.O[C@H](c1cccnc1)[C@H]1C[C@@H]1c1ccccc1. The summed E-state index contributed by atoms with van der Waals surface area (Å²) in [5.41, 5.74) is 2.26. The number of aliphatic hydroxyl groups excluding tert-OH is 1. The summed E-state index contributed by atoms with van der Waals surface area (Å²) in [4.78, 5) is 4.05. The molecule has 3 heteroatoms. The van der Waals surface area contributed by atoms with Gasteiger partial charge in [0, 0.05) is 12.4 Å². The van der Waals surface area contributed by atoms with Crippen LogP contribution in [0.3, 0.4) is 0 Å². The van der Waals surface area contributed by atoms with Crippen LogP contribution < -0.4 is 0 Å². The molecule has 1 aromatic heterocycles. The van der Waals surface area contributed by atoms with Gasteiger partial charge in [-0.15, -0.1) is 12.4 Å². The molecule has 18 heavy (non-hydrogen) atoms. The summed E-state index contributed by atoms with van der Waals surface area (Å²) in [7, 11) is 0. The Labute approximate surface area is 113 Å². The number of aliphatic hydroxyl groups is 1. The number of hydrogen-bond acceptors (Lipinski definition) is 2. The molecule has 94 valence electrons. The van der Waals surface area contributed by atoms with E-state index in [1.54, 1.807) is 12.4 Å². The van der Waals surface area contributed by atoms with Crippen LogP contribution in [0.25, 0.3) is 0 Å². The molecule has 0 radical (unpaired) electrons. The van der Waals surface area contributed by atoms with Gasteiger partial charge in [0.05, 0.1) is 6.10 Å². The Morgan fingerprint density at radius 1 is 1.11 bits per heavy atom. The molecule has 3 rings (SSSR count). The molecule has 1 aliphatic rings. The van der Waals surface area contributed by atoms with Gasteiger partial charge in [0.15, 0.2) is 0 Å². The van der Waals surface area contributed by atoms with E-state index < -0.39 is 0 Å². The summed E-state index contributed by atoms with van der Waals surface area (Å²) < 4.78 is 0. The maximum Gasteiger partial charge on any atom is 0.0839 e. The standard InChI is InChI=1S/C15H15NO.ClH/c17-15(12-7-4-8-16-10-12)14-9-13(14)11-5-2-1-3-6-11;/h1-8,10,13-15,17H,9H2;1H/t13-,14+,15-;/m1./s1. The van der Waals surface area contributed by atoms with Crippen LogP contribution in [0, 0.1) is 5.92 Å². The summed E-state index contributed by atoms with van der Waals surface area (Å²) in [6.45, 7) is 0. The Hall–Kier alpha value is -1.38. The van der Waals surface area contributed by atoms with Crippen LogP contribution in [0.15, 0.2) is 54.9 Å². The molecule has 0 bridgehead atoms. The first-order chi connectivity index (χ1) is 8.36. The van der Waals surface area contributed by atoms with Gasteiger partial charge in [0.25, 0.3) is 0 Å². The number of aromatic nitrogens is 1. The van der Waals surface area contributed by atoms with Gasteiger partial charge in [-0.3, -0.25) is 4.98 Å². The monoisotopic (exact) mass is 261 g/mol. The molecule has 0 spiro atoms. The summed E-state index contributed by atoms with van der Waals surface area (Å²) >= 11 is 0. The lowest BCUT2D eigenvalue weighted by Crippen LogP contribution is -2.01. The molecule has 1 fully saturated rings. The van der Waals surface area contributed by atoms with E-state index in [1.165, 1.54) is 5.56 Å². The fourth-order valence-electron chi connectivity index (χ4n) is 2.45. The molecule has 3 atom stereocenters. The highest BCUT2D eigenvalue weighted by atomic mass is 35.5. The lowest BCUT2D eigenvalue weighted by Gasteiger charge is -2.09. The fourth-order valence-corrected chi connectivity index (χ4v) is 2.45. The van der Waals surface area contributed by atoms with Crippen molar-refractivity contribution >= 4 is 12.4 Å². The number of nitrogens with zero attached hydrogens (tertiary/aromatic N) is 1. The first-order valence-electron chi connectivity index (χ1n) is 5.99. The van der Waals surface area contributed by atoms with E-state index in [9.17, 15) is 5.11 Å². The Bertz CT molecular complexity index is 488. The van der Waals surface area contributed by atoms with Gasteiger partial charge in [0.2, 0.25) is 0 Å². The first-order valence-corrected chi connectivity index (χ1v) is 5.99. The number of pyridine rings is 1. The summed E-state index contributed by atoms with van der Waals surface area (Å²) in [6, 6.07) is 14.2. The number of benzene rings is 1. The van der Waals surface area contributed by atoms with E-state index in [-0.39, 0.29) is 18.5 Å². The third kappa shape index (κ3) is 2.55. The van der Waals surface area contributed by atoms with Crippen molar-refractivity contribution in [2.24, 2.45) is 5.92 Å². The molecular weight excluding hydrogens is 246 g/mol. The second kappa shape index (κ2) is 5.51. The van der Waals surface area contributed by atoms with Gasteiger partial charge in [-0.25, -0.2) is 0 Å². The van der Waals surface area contributed by atoms with E-state index >= 15 is 0 Å². The zero-order valence-corrected chi connectivity index (χ0v) is 10.8. The van der Waals surface area contributed by atoms with Crippen LogP contribution in [0.2, 0.25) is 0 Å². The zero-order chi connectivity index (χ0) is 11.7. The Morgan fingerprint density at radius 3 is 2.56 bits per heavy atom. The molecule has 1 saturated carbocycles. The second-order valence-corrected chi connectivity index (χ2v) is 4.65. The Morgan fingerprint density at radius 2 is 1.89 bits per heavy atom. The zero-order valence-electron chi connectivity index (χ0n) is 9.94. The Balaban J connectivity index is 0.00000120. The average Bonchev–Trinajstić information content (AvgIpc) is 3.20. The second-order valence-electron chi connectivity index (χ2n) is 4.65. The quantitative estimate of drug-likeness (QED) is 0.919. The van der Waals surface area contributed by atoms with Crippen molar-refractivity contribution in [3.8, 4) is 0 Å². The van der Waals surface area contributed by atoms with E-state index in [1.807, 2.05) is 18.2 Å². The van der Waals surface area contributed by atoms with Crippen LogP contribution >= 0.6 is 12.4 Å². The van der Waals surface area contributed by atoms with Crippen molar-refractivity contribution < 1.29 is 5.11 Å². The molecule has 2 aromatic rings. The highest BCUT2D eigenvalue weighted by Crippen LogP contribution is 2.53. The lowest BCUT2D eigenvalue weighted by atomic mass is 10.0. The number of rotatable bonds is 3. The highest BCUT2D eigenvalue weighted by molar-refractivity contribution is 5.85. The summed E-state index contributed by atoms with van der Waals surface area (Å²) in [6.07, 6.45) is 4.18. The van der Waals surface area contributed by atoms with Gasteiger partial charge >= 0.3 is 0 Å². The largest absolute Gasteiger partial charge is 0.388 e. The molecule has 0 saturated heterocycles. The van der Waals surface area contributed by atoms with Gasteiger partial charge in [-0.05, 0) is 35.4 Å². The molecular formula is C15H16ClNO. The lowest BCUT2D eigenvalue weighted by molar-refractivity contribution is 0.151. The predicted octanol–water partition coefficient (Wildman–Crippen LogP) is 3.34. The van der Waals surface area contributed by atoms with E-state index in [0.29, 0.717) is 11.8 Å². The van der Waals surface area contributed by atoms with Crippen LogP contribution in [-0.2, 0) is 0 Å². The molecule has 1 aliphatic carbocycles. The van der Waals surface area contributed by atoms with Crippen LogP contribution in [-0.4, -0.2) is 10.1 Å². The van der Waals surface area contributed by atoms with Crippen molar-refractivity contribution in [1.29, 1.82) is 0 Å². The number of hydrogen-bond donors (Lipinski definition) is 1. The van der Waals surface area contributed by atoms with E-state index in [4.69, 9.17) is 0 Å². The summed E-state index contributed by atoms with van der Waals surface area (Å²) in [5.74, 6) is 0.855. The molecule has 1 heterocycles. The van der Waals surface area contributed by atoms with Gasteiger partial charge in [-0.1, -0.05) is 36.4 Å². The van der Waals surface area contributed by atoms with Crippen molar-refractivity contribution in [2.75, 3.05) is 0 Å². The maximum atomic E-state index is 10.3. The minimum atomic E-state index is -0.381. The third-order valence-electron chi connectivity index (χ3n) is 3.50.